The van der Waals surface area contributed by atoms with Crippen molar-refractivity contribution in [1.29, 1.82) is 0 Å². The van der Waals surface area contributed by atoms with Gasteiger partial charge in [-0.2, -0.15) is 0 Å². The van der Waals surface area contributed by atoms with Crippen molar-refractivity contribution in [1.82, 2.24) is 4.98 Å². The molecule has 1 atom stereocenters. The van der Waals surface area contributed by atoms with Crippen molar-refractivity contribution in [3.8, 4) is 0 Å². The number of alkyl halides is 1. The molecule has 20 heavy (non-hydrogen) atoms. The van der Waals surface area contributed by atoms with Crippen molar-refractivity contribution in [2.45, 2.75) is 24.8 Å². The Morgan fingerprint density at radius 1 is 1.35 bits per heavy atom. The molecule has 0 amide bonds. The van der Waals surface area contributed by atoms with Gasteiger partial charge in [-0.3, -0.25) is 0 Å². The number of rotatable bonds is 3. The van der Waals surface area contributed by atoms with Crippen molar-refractivity contribution < 1.29 is 4.74 Å². The first kappa shape index (κ1) is 13.7. The number of nitrogens with zero attached hydrogens (tertiary/aromatic N) is 2. The van der Waals surface area contributed by atoms with Crippen LogP contribution in [0.2, 0.25) is 0 Å². The number of benzene rings is 1. The smallest absolute Gasteiger partial charge is 0.136 e. The second kappa shape index (κ2) is 5.98. The molecule has 0 radical (unpaired) electrons. The maximum atomic E-state index is 6.02. The highest BCUT2D eigenvalue weighted by Crippen LogP contribution is 2.30. The van der Waals surface area contributed by atoms with Gasteiger partial charge in [-0.25, -0.2) is 4.98 Å². The molecule has 0 bridgehead atoms. The van der Waals surface area contributed by atoms with E-state index in [1.807, 2.05) is 6.20 Å². The van der Waals surface area contributed by atoms with E-state index < -0.39 is 0 Å². The van der Waals surface area contributed by atoms with Gasteiger partial charge < -0.3 is 9.64 Å². The molecule has 4 heteroatoms. The quantitative estimate of drug-likeness (QED) is 0.808. The molecule has 0 N–H and O–H groups in total. The van der Waals surface area contributed by atoms with Gasteiger partial charge in [0.05, 0.1) is 6.10 Å². The van der Waals surface area contributed by atoms with E-state index in [-0.39, 0.29) is 0 Å². The Labute approximate surface area is 124 Å². The summed E-state index contributed by atoms with van der Waals surface area (Å²) in [5, 5.41) is 2.38. The summed E-state index contributed by atoms with van der Waals surface area (Å²) in [7, 11) is 1.79. The first-order valence-electron chi connectivity index (χ1n) is 7.04. The summed E-state index contributed by atoms with van der Waals surface area (Å²) in [6.45, 7) is 1.95. The van der Waals surface area contributed by atoms with Crippen LogP contribution in [0.1, 0.15) is 18.4 Å². The molecular formula is C16H19ClN2O. The highest BCUT2D eigenvalue weighted by Gasteiger charge is 2.22. The van der Waals surface area contributed by atoms with E-state index in [4.69, 9.17) is 16.3 Å². The molecule has 0 spiro atoms. The van der Waals surface area contributed by atoms with Crippen LogP contribution in [0.15, 0.2) is 30.5 Å². The molecule has 3 rings (SSSR count). The Morgan fingerprint density at radius 3 is 2.90 bits per heavy atom. The van der Waals surface area contributed by atoms with Crippen LogP contribution in [-0.2, 0) is 10.6 Å². The van der Waals surface area contributed by atoms with Gasteiger partial charge in [0, 0.05) is 37.7 Å². The van der Waals surface area contributed by atoms with Crippen LogP contribution < -0.4 is 4.90 Å². The number of methoxy groups -OCH3 is 1. The molecule has 1 unspecified atom stereocenters. The van der Waals surface area contributed by atoms with Crippen LogP contribution in [0.5, 0.6) is 0 Å². The predicted molar refractivity (Wildman–Crippen MR) is 83.5 cm³/mol. The fraction of sp³-hybridized carbons (Fsp3) is 0.438. The third kappa shape index (κ3) is 2.48. The molecule has 3 nitrogen and oxygen atoms in total. The van der Waals surface area contributed by atoms with E-state index in [0.29, 0.717) is 12.0 Å². The average molecular weight is 291 g/mol. The summed E-state index contributed by atoms with van der Waals surface area (Å²) in [5.41, 5.74) is 1.09. The maximum absolute atomic E-state index is 6.02. The SMILES string of the molecule is COC1CCCN(c2ncc(CCl)c3ccccc23)C1. The molecule has 1 aliphatic heterocycles. The monoisotopic (exact) mass is 290 g/mol. The largest absolute Gasteiger partial charge is 0.380 e. The summed E-state index contributed by atoms with van der Waals surface area (Å²) in [5.74, 6) is 1.55. The fourth-order valence-electron chi connectivity index (χ4n) is 2.92. The molecule has 1 aromatic heterocycles. The number of halogens is 1. The summed E-state index contributed by atoms with van der Waals surface area (Å²) in [6, 6.07) is 8.36. The Morgan fingerprint density at radius 2 is 2.15 bits per heavy atom. The standard InChI is InChI=1S/C16H19ClN2O/c1-20-13-5-4-8-19(11-13)16-15-7-3-2-6-14(15)12(9-17)10-18-16/h2-3,6-7,10,13H,4-5,8-9,11H2,1H3. The molecule has 1 saturated heterocycles. The van der Waals surface area contributed by atoms with Gasteiger partial charge >= 0.3 is 0 Å². The van der Waals surface area contributed by atoms with Crippen molar-refractivity contribution in [3.63, 3.8) is 0 Å². The molecule has 2 heterocycles. The van der Waals surface area contributed by atoms with E-state index >= 15 is 0 Å². The lowest BCUT2D eigenvalue weighted by Gasteiger charge is -2.33. The van der Waals surface area contributed by atoms with Gasteiger partial charge in [-0.15, -0.1) is 11.6 Å². The lowest BCUT2D eigenvalue weighted by Crippen LogP contribution is -2.39. The van der Waals surface area contributed by atoms with Gasteiger partial charge in [0.2, 0.25) is 0 Å². The number of anilines is 1. The van der Waals surface area contributed by atoms with E-state index in [9.17, 15) is 0 Å². The minimum absolute atomic E-state index is 0.303. The third-order valence-corrected chi connectivity index (χ3v) is 4.30. The molecule has 0 saturated carbocycles. The molecular weight excluding hydrogens is 272 g/mol. The molecule has 106 valence electrons. The Bertz CT molecular complexity index is 602. The number of fused-ring (bicyclic) bond motifs is 1. The molecule has 0 aliphatic carbocycles. The van der Waals surface area contributed by atoms with E-state index in [1.165, 1.54) is 10.8 Å². The number of piperidine rings is 1. The Hall–Kier alpha value is -1.32. The van der Waals surface area contributed by atoms with E-state index in [0.717, 1.165) is 37.3 Å². The molecule has 1 aromatic carbocycles. The second-order valence-corrected chi connectivity index (χ2v) is 5.50. The van der Waals surface area contributed by atoms with Crippen LogP contribution in [0.25, 0.3) is 10.8 Å². The Kier molecular flexibility index (Phi) is 4.08. The summed E-state index contributed by atoms with van der Waals surface area (Å²) < 4.78 is 5.51. The topological polar surface area (TPSA) is 25.4 Å². The lowest BCUT2D eigenvalue weighted by molar-refractivity contribution is 0.0892. The van der Waals surface area contributed by atoms with Gasteiger partial charge in [-0.1, -0.05) is 24.3 Å². The van der Waals surface area contributed by atoms with E-state index in [1.54, 1.807) is 7.11 Å². The van der Waals surface area contributed by atoms with Gasteiger partial charge in [0.1, 0.15) is 5.82 Å². The number of hydrogen-bond acceptors (Lipinski definition) is 3. The summed E-state index contributed by atoms with van der Waals surface area (Å²) >= 11 is 6.02. The van der Waals surface area contributed by atoms with Crippen LogP contribution in [0.4, 0.5) is 5.82 Å². The van der Waals surface area contributed by atoms with Crippen LogP contribution in [-0.4, -0.2) is 31.3 Å². The zero-order valence-electron chi connectivity index (χ0n) is 11.7. The second-order valence-electron chi connectivity index (χ2n) is 5.23. The van der Waals surface area contributed by atoms with Crippen LogP contribution in [0.3, 0.4) is 0 Å². The van der Waals surface area contributed by atoms with Crippen molar-refractivity contribution >= 4 is 28.2 Å². The van der Waals surface area contributed by atoms with Gasteiger partial charge in [0.15, 0.2) is 0 Å². The molecule has 1 aliphatic rings. The highest BCUT2D eigenvalue weighted by molar-refractivity contribution is 6.18. The van der Waals surface area contributed by atoms with Crippen molar-refractivity contribution in [2.24, 2.45) is 0 Å². The summed E-state index contributed by atoms with van der Waals surface area (Å²) in [6.07, 6.45) is 4.48. The average Bonchev–Trinajstić information content (AvgIpc) is 2.54. The maximum Gasteiger partial charge on any atom is 0.136 e. The van der Waals surface area contributed by atoms with Gasteiger partial charge in [-0.05, 0) is 23.8 Å². The van der Waals surface area contributed by atoms with Crippen molar-refractivity contribution in [3.05, 3.63) is 36.0 Å². The predicted octanol–water partition coefficient (Wildman–Crippen LogP) is 3.59. The van der Waals surface area contributed by atoms with E-state index in [2.05, 4.69) is 34.1 Å². The zero-order chi connectivity index (χ0) is 13.9. The van der Waals surface area contributed by atoms with Gasteiger partial charge in [0.25, 0.3) is 0 Å². The molecule has 2 aromatic rings. The number of ether oxygens (including phenoxy) is 1. The first-order valence-corrected chi connectivity index (χ1v) is 7.57. The Balaban J connectivity index is 2.03. The van der Waals surface area contributed by atoms with Crippen LogP contribution in [0, 0.1) is 0 Å². The number of aromatic nitrogens is 1. The first-order chi connectivity index (χ1) is 9.83. The molecule has 1 fully saturated rings. The number of pyridine rings is 1. The minimum Gasteiger partial charge on any atom is -0.380 e. The summed E-state index contributed by atoms with van der Waals surface area (Å²) in [4.78, 5) is 6.99. The number of hydrogen-bond donors (Lipinski definition) is 0. The minimum atomic E-state index is 0.303. The zero-order valence-corrected chi connectivity index (χ0v) is 12.4. The highest BCUT2D eigenvalue weighted by atomic mass is 35.5. The van der Waals surface area contributed by atoms with Crippen molar-refractivity contribution in [2.75, 3.05) is 25.1 Å². The van der Waals surface area contributed by atoms with Crippen LogP contribution >= 0.6 is 11.6 Å². The lowest BCUT2D eigenvalue weighted by atomic mass is 10.0. The third-order valence-electron chi connectivity index (χ3n) is 4.01. The normalized spacial score (nSPS) is 19.5. The fourth-order valence-corrected chi connectivity index (χ4v) is 3.13.